The first-order valence-corrected chi connectivity index (χ1v) is 7.15. The normalized spacial score (nSPS) is 10.5. The largest absolute Gasteiger partial charge is 0.325 e. The van der Waals surface area contributed by atoms with Crippen LogP contribution >= 0.6 is 15.9 Å². The summed E-state index contributed by atoms with van der Waals surface area (Å²) in [6, 6.07) is 16.3. The minimum absolute atomic E-state index is 0.803. The number of para-hydroxylation sites is 1. The van der Waals surface area contributed by atoms with E-state index in [1.807, 2.05) is 47.2 Å². The van der Waals surface area contributed by atoms with Crippen LogP contribution in [-0.4, -0.2) is 9.55 Å². The molecule has 0 saturated carbocycles. The van der Waals surface area contributed by atoms with E-state index in [0.717, 1.165) is 21.8 Å². The van der Waals surface area contributed by atoms with Gasteiger partial charge in [-0.2, -0.15) is 0 Å². The Kier molecular flexibility index (Phi) is 3.56. The van der Waals surface area contributed by atoms with E-state index in [4.69, 9.17) is 0 Å². The van der Waals surface area contributed by atoms with Gasteiger partial charge in [0, 0.05) is 22.6 Å². The summed E-state index contributed by atoms with van der Waals surface area (Å²) in [5.41, 5.74) is 3.32. The summed E-state index contributed by atoms with van der Waals surface area (Å²) in [5, 5.41) is 3.33. The molecule has 0 bridgehead atoms. The molecule has 0 atom stereocenters. The Balaban J connectivity index is 2.00. The number of nitrogens with one attached hydrogen (secondary N) is 1. The molecular weight excluding hydrogens is 314 g/mol. The van der Waals surface area contributed by atoms with Gasteiger partial charge in [-0.15, -0.1) is 0 Å². The fourth-order valence-corrected chi connectivity index (χ4v) is 2.43. The summed E-state index contributed by atoms with van der Waals surface area (Å²) in [6.45, 7) is 2.09. The summed E-state index contributed by atoms with van der Waals surface area (Å²) in [6.07, 6.45) is 3.76. The van der Waals surface area contributed by atoms with Crippen LogP contribution in [0.4, 0.5) is 11.6 Å². The number of rotatable bonds is 3. The third kappa shape index (κ3) is 2.60. The molecule has 3 rings (SSSR count). The van der Waals surface area contributed by atoms with Crippen molar-refractivity contribution in [3.8, 4) is 5.69 Å². The average Bonchev–Trinajstić information content (AvgIpc) is 2.91. The van der Waals surface area contributed by atoms with Crippen LogP contribution in [0.25, 0.3) is 5.69 Å². The molecule has 20 heavy (non-hydrogen) atoms. The Morgan fingerprint density at radius 2 is 1.90 bits per heavy atom. The molecule has 4 heteroatoms. The lowest BCUT2D eigenvalue weighted by atomic mass is 10.2. The number of hydrogen-bond acceptors (Lipinski definition) is 2. The summed E-state index contributed by atoms with van der Waals surface area (Å²) in [5.74, 6) is 0.803. The third-order valence-corrected chi connectivity index (χ3v) is 3.59. The summed E-state index contributed by atoms with van der Waals surface area (Å²) in [7, 11) is 0. The Labute approximate surface area is 126 Å². The minimum atomic E-state index is 0.803. The zero-order valence-corrected chi connectivity index (χ0v) is 12.6. The van der Waals surface area contributed by atoms with Gasteiger partial charge < -0.3 is 5.32 Å². The highest BCUT2D eigenvalue weighted by Crippen LogP contribution is 2.24. The maximum atomic E-state index is 4.40. The van der Waals surface area contributed by atoms with Gasteiger partial charge in [-0.1, -0.05) is 40.2 Å². The van der Waals surface area contributed by atoms with Crippen molar-refractivity contribution in [3.63, 3.8) is 0 Å². The van der Waals surface area contributed by atoms with E-state index in [1.54, 1.807) is 6.20 Å². The Morgan fingerprint density at radius 1 is 1.10 bits per heavy atom. The van der Waals surface area contributed by atoms with Crippen LogP contribution in [0.15, 0.2) is 65.4 Å². The van der Waals surface area contributed by atoms with Crippen LogP contribution in [0, 0.1) is 6.92 Å². The number of hydrogen-bond donors (Lipinski definition) is 1. The fourth-order valence-electron chi connectivity index (χ4n) is 2.08. The van der Waals surface area contributed by atoms with E-state index in [9.17, 15) is 0 Å². The third-order valence-electron chi connectivity index (χ3n) is 3.10. The second kappa shape index (κ2) is 5.51. The highest BCUT2D eigenvalue weighted by Gasteiger charge is 2.08. The number of aromatic nitrogens is 2. The maximum absolute atomic E-state index is 4.40. The number of imidazole rings is 1. The predicted octanol–water partition coefficient (Wildman–Crippen LogP) is 4.69. The zero-order valence-electron chi connectivity index (χ0n) is 11.0. The monoisotopic (exact) mass is 327 g/mol. The molecule has 1 aromatic heterocycles. The molecule has 3 aromatic rings. The molecule has 0 unspecified atom stereocenters. The highest BCUT2D eigenvalue weighted by atomic mass is 79.9. The number of anilines is 2. The molecule has 100 valence electrons. The molecule has 0 spiro atoms. The zero-order chi connectivity index (χ0) is 13.9. The molecule has 1 heterocycles. The lowest BCUT2D eigenvalue weighted by molar-refractivity contribution is 1.04. The van der Waals surface area contributed by atoms with Crippen LogP contribution < -0.4 is 5.32 Å². The van der Waals surface area contributed by atoms with Gasteiger partial charge >= 0.3 is 0 Å². The first-order chi connectivity index (χ1) is 9.74. The smallest absolute Gasteiger partial charge is 0.212 e. The molecular formula is C16H14BrN3. The van der Waals surface area contributed by atoms with Gasteiger partial charge in [0.1, 0.15) is 0 Å². The SMILES string of the molecule is Cc1ccc(Br)cc1-n1ccnc1Nc1ccccc1. The molecule has 0 saturated heterocycles. The van der Waals surface area contributed by atoms with Crippen LogP contribution in [0.5, 0.6) is 0 Å². The molecule has 3 nitrogen and oxygen atoms in total. The van der Waals surface area contributed by atoms with Crippen LogP contribution in [-0.2, 0) is 0 Å². The van der Waals surface area contributed by atoms with Crippen molar-refractivity contribution in [1.29, 1.82) is 0 Å². The second-order valence-corrected chi connectivity index (χ2v) is 5.46. The molecule has 2 aromatic carbocycles. The Morgan fingerprint density at radius 3 is 2.70 bits per heavy atom. The molecule has 1 N–H and O–H groups in total. The van der Waals surface area contributed by atoms with Gasteiger partial charge in [0.05, 0.1) is 5.69 Å². The molecule has 0 radical (unpaired) electrons. The standard InChI is InChI=1S/C16H14BrN3/c1-12-7-8-13(17)11-15(12)20-10-9-18-16(20)19-14-5-3-2-4-6-14/h2-11H,1H3,(H,18,19). The predicted molar refractivity (Wildman–Crippen MR) is 85.7 cm³/mol. The lowest BCUT2D eigenvalue weighted by Gasteiger charge is -2.12. The summed E-state index contributed by atoms with van der Waals surface area (Å²) in [4.78, 5) is 4.40. The van der Waals surface area contributed by atoms with Crippen molar-refractivity contribution in [1.82, 2.24) is 9.55 Å². The van der Waals surface area contributed by atoms with E-state index in [1.165, 1.54) is 5.56 Å². The van der Waals surface area contributed by atoms with Crippen LogP contribution in [0.2, 0.25) is 0 Å². The molecule has 0 amide bonds. The van der Waals surface area contributed by atoms with Gasteiger partial charge in [0.15, 0.2) is 0 Å². The van der Waals surface area contributed by atoms with E-state index in [-0.39, 0.29) is 0 Å². The van der Waals surface area contributed by atoms with Crippen LogP contribution in [0.1, 0.15) is 5.56 Å². The van der Waals surface area contributed by atoms with Crippen molar-refractivity contribution in [2.45, 2.75) is 6.92 Å². The molecule has 0 aliphatic rings. The Hall–Kier alpha value is -2.07. The average molecular weight is 328 g/mol. The lowest BCUT2D eigenvalue weighted by Crippen LogP contribution is -2.02. The quantitative estimate of drug-likeness (QED) is 0.756. The number of aryl methyl sites for hydroxylation is 1. The van der Waals surface area contributed by atoms with Crippen molar-refractivity contribution < 1.29 is 0 Å². The minimum Gasteiger partial charge on any atom is -0.325 e. The van der Waals surface area contributed by atoms with Crippen molar-refractivity contribution >= 4 is 27.6 Å². The number of nitrogens with zero attached hydrogens (tertiary/aromatic N) is 2. The number of benzene rings is 2. The van der Waals surface area contributed by atoms with Gasteiger partial charge in [-0.25, -0.2) is 4.98 Å². The molecule has 0 fully saturated rings. The summed E-state index contributed by atoms with van der Waals surface area (Å²) >= 11 is 3.52. The molecule has 0 aliphatic heterocycles. The van der Waals surface area contributed by atoms with E-state index in [0.29, 0.717) is 0 Å². The summed E-state index contributed by atoms with van der Waals surface area (Å²) < 4.78 is 3.10. The van der Waals surface area contributed by atoms with Crippen molar-refractivity contribution in [2.75, 3.05) is 5.32 Å². The van der Waals surface area contributed by atoms with Gasteiger partial charge in [0.2, 0.25) is 5.95 Å². The van der Waals surface area contributed by atoms with E-state index < -0.39 is 0 Å². The molecule has 0 aliphatic carbocycles. The maximum Gasteiger partial charge on any atom is 0.212 e. The second-order valence-electron chi connectivity index (χ2n) is 4.54. The fraction of sp³-hybridized carbons (Fsp3) is 0.0625. The van der Waals surface area contributed by atoms with Gasteiger partial charge in [-0.05, 0) is 36.8 Å². The van der Waals surface area contributed by atoms with E-state index in [2.05, 4.69) is 45.3 Å². The first-order valence-electron chi connectivity index (χ1n) is 6.36. The highest BCUT2D eigenvalue weighted by molar-refractivity contribution is 9.10. The number of halogens is 1. The van der Waals surface area contributed by atoms with E-state index >= 15 is 0 Å². The van der Waals surface area contributed by atoms with Crippen LogP contribution in [0.3, 0.4) is 0 Å². The van der Waals surface area contributed by atoms with Gasteiger partial charge in [0.25, 0.3) is 0 Å². The van der Waals surface area contributed by atoms with Crippen molar-refractivity contribution in [2.24, 2.45) is 0 Å². The van der Waals surface area contributed by atoms with Crippen molar-refractivity contribution in [3.05, 3.63) is 71.0 Å². The topological polar surface area (TPSA) is 29.9 Å². The first kappa shape index (κ1) is 12.9. The van der Waals surface area contributed by atoms with Gasteiger partial charge in [-0.3, -0.25) is 4.57 Å². The Bertz CT molecular complexity index is 720.